The van der Waals surface area contributed by atoms with Gasteiger partial charge in [-0.2, -0.15) is 0 Å². The van der Waals surface area contributed by atoms with Gasteiger partial charge in [0.2, 0.25) is 0 Å². The number of hydrogen-bond donors (Lipinski definition) is 0. The smallest absolute Gasteiger partial charge is 0.305 e. The third-order valence-corrected chi connectivity index (χ3v) is 12.4. The van der Waals surface area contributed by atoms with Crippen LogP contribution in [0.3, 0.4) is 0 Å². The predicted octanol–water partition coefficient (Wildman–Crippen LogP) is 18.2. The van der Waals surface area contributed by atoms with Crippen molar-refractivity contribution in [2.45, 2.75) is 284 Å². The van der Waals surface area contributed by atoms with Crippen LogP contribution >= 0.6 is 0 Å². The Balaban J connectivity index is 2.05. The van der Waals surface area contributed by atoms with E-state index in [0.29, 0.717) is 19.4 Å². The van der Waals surface area contributed by atoms with E-state index in [1.807, 2.05) is 12.1 Å². The fraction of sp³-hybridized carbons (Fsp3) is 0.870. The molecule has 0 radical (unpaired) electrons. The summed E-state index contributed by atoms with van der Waals surface area (Å²) in [6.07, 6.45) is 56.7. The highest BCUT2D eigenvalue weighted by molar-refractivity contribution is 5.69. The maximum Gasteiger partial charge on any atom is 0.305 e. The summed E-state index contributed by atoms with van der Waals surface area (Å²) in [5.41, 5.74) is 1.06. The Morgan fingerprint density at radius 2 is 0.690 bits per heavy atom. The van der Waals surface area contributed by atoms with Crippen LogP contribution < -0.4 is 9.47 Å². The van der Waals surface area contributed by atoms with E-state index in [1.54, 1.807) is 0 Å². The van der Waals surface area contributed by atoms with Crippen molar-refractivity contribution in [2.24, 2.45) is 0 Å². The van der Waals surface area contributed by atoms with Crippen LogP contribution in [0.25, 0.3) is 0 Å². The summed E-state index contributed by atoms with van der Waals surface area (Å²) in [7, 11) is 1.46. The zero-order valence-electron chi connectivity index (χ0n) is 39.5. The predicted molar refractivity (Wildman–Crippen MR) is 254 cm³/mol. The number of hydrogen-bond acceptors (Lipinski definition) is 4. The van der Waals surface area contributed by atoms with Gasteiger partial charge in [-0.05, 0) is 30.9 Å². The van der Waals surface area contributed by atoms with E-state index in [9.17, 15) is 4.79 Å². The van der Waals surface area contributed by atoms with Crippen LogP contribution in [-0.4, -0.2) is 26.3 Å². The van der Waals surface area contributed by atoms with Crippen LogP contribution in [0.1, 0.15) is 283 Å². The molecule has 0 N–H and O–H groups in total. The second-order valence-corrected chi connectivity index (χ2v) is 18.0. The van der Waals surface area contributed by atoms with Crippen LogP contribution in [0.5, 0.6) is 11.5 Å². The lowest BCUT2D eigenvalue weighted by atomic mass is 10.0. The summed E-state index contributed by atoms with van der Waals surface area (Å²) in [6, 6.07) is 6.15. The van der Waals surface area contributed by atoms with Gasteiger partial charge >= 0.3 is 5.97 Å². The van der Waals surface area contributed by atoms with Crippen LogP contribution in [-0.2, 0) is 16.0 Å². The number of carbonyl (C=O) groups is 1. The van der Waals surface area contributed by atoms with E-state index in [2.05, 4.69) is 19.9 Å². The zero-order valence-corrected chi connectivity index (χ0v) is 39.5. The average Bonchev–Trinajstić information content (AvgIpc) is 3.24. The first-order valence-electron chi connectivity index (χ1n) is 26.2. The first kappa shape index (κ1) is 54.3. The van der Waals surface area contributed by atoms with Gasteiger partial charge in [0.1, 0.15) is 11.5 Å². The lowest BCUT2D eigenvalue weighted by molar-refractivity contribution is -0.140. The Morgan fingerprint density at radius 3 is 1.00 bits per heavy atom. The largest absolute Gasteiger partial charge is 0.493 e. The molecule has 0 aliphatic heterocycles. The molecule has 0 spiro atoms. The molecule has 4 heteroatoms. The number of benzene rings is 1. The molecule has 0 bridgehead atoms. The first-order chi connectivity index (χ1) is 28.7. The number of ether oxygens (including phenoxy) is 3. The van der Waals surface area contributed by atoms with Crippen molar-refractivity contribution in [3.05, 3.63) is 23.8 Å². The Kier molecular flexibility index (Phi) is 42.0. The number of rotatable bonds is 47. The first-order valence-corrected chi connectivity index (χ1v) is 26.2. The molecule has 0 aliphatic carbocycles. The Hall–Kier alpha value is -1.71. The highest BCUT2D eigenvalue weighted by atomic mass is 16.5. The van der Waals surface area contributed by atoms with Gasteiger partial charge in [0.05, 0.1) is 20.3 Å². The molecule has 1 aromatic rings. The van der Waals surface area contributed by atoms with Gasteiger partial charge < -0.3 is 14.2 Å². The van der Waals surface area contributed by atoms with E-state index < -0.39 is 0 Å². The summed E-state index contributed by atoms with van der Waals surface area (Å²) in [4.78, 5) is 11.8. The molecule has 0 saturated carbocycles. The van der Waals surface area contributed by atoms with Gasteiger partial charge in [0.15, 0.2) is 0 Å². The van der Waals surface area contributed by atoms with Crippen LogP contribution in [0.15, 0.2) is 18.2 Å². The molecule has 0 fully saturated rings. The average molecular weight is 813 g/mol. The van der Waals surface area contributed by atoms with Gasteiger partial charge in [-0.15, -0.1) is 0 Å². The van der Waals surface area contributed by atoms with Crippen LogP contribution in [0.4, 0.5) is 0 Å². The van der Waals surface area contributed by atoms with E-state index in [1.165, 1.54) is 251 Å². The summed E-state index contributed by atoms with van der Waals surface area (Å²) in [6.45, 7) is 6.06. The van der Waals surface area contributed by atoms with Crippen molar-refractivity contribution in [1.29, 1.82) is 0 Å². The minimum absolute atomic E-state index is 0.181. The van der Waals surface area contributed by atoms with Crippen LogP contribution in [0.2, 0.25) is 0 Å². The highest BCUT2D eigenvalue weighted by Crippen LogP contribution is 2.27. The SMILES string of the molecule is CCCCCCCCCCCCCCCCCCCCCCOc1ccc(CCC(=O)OC)c(OCCCCCCCCCCCCCCCCCCCCCC)c1. The summed E-state index contributed by atoms with van der Waals surface area (Å²) in [5, 5.41) is 0. The molecule has 340 valence electrons. The van der Waals surface area contributed by atoms with Crippen molar-refractivity contribution in [3.63, 3.8) is 0 Å². The third-order valence-electron chi connectivity index (χ3n) is 12.4. The van der Waals surface area contributed by atoms with Gasteiger partial charge in [-0.25, -0.2) is 0 Å². The summed E-state index contributed by atoms with van der Waals surface area (Å²) >= 11 is 0. The standard InChI is InChI=1S/C54H100O4/c1-4-6-8-10-12-14-16-18-20-22-24-26-28-30-32-34-36-38-40-42-48-57-52-46-44-51(45-47-54(55)56-3)53(50-52)58-49-43-41-39-37-35-33-31-29-27-25-23-21-19-17-15-13-11-9-7-5-2/h44,46,50H,4-43,45,47-49H2,1-3H3. The normalized spacial score (nSPS) is 11.4. The van der Waals surface area contributed by atoms with Gasteiger partial charge in [-0.3, -0.25) is 4.79 Å². The zero-order chi connectivity index (χ0) is 41.7. The van der Waals surface area contributed by atoms with Crippen molar-refractivity contribution in [1.82, 2.24) is 0 Å². The minimum atomic E-state index is -0.181. The molecule has 0 heterocycles. The molecule has 0 saturated heterocycles. The Morgan fingerprint density at radius 1 is 0.397 bits per heavy atom. The molecule has 0 aliphatic rings. The number of carbonyl (C=O) groups excluding carboxylic acids is 1. The van der Waals surface area contributed by atoms with Gasteiger partial charge in [0.25, 0.3) is 0 Å². The number of unbranched alkanes of at least 4 members (excludes halogenated alkanes) is 38. The number of aryl methyl sites for hydroxylation is 1. The number of esters is 1. The fourth-order valence-corrected chi connectivity index (χ4v) is 8.39. The molecule has 0 atom stereocenters. The second kappa shape index (κ2) is 44.8. The van der Waals surface area contributed by atoms with E-state index in [0.717, 1.165) is 36.5 Å². The van der Waals surface area contributed by atoms with Gasteiger partial charge in [-0.1, -0.05) is 264 Å². The maximum absolute atomic E-state index is 11.8. The second-order valence-electron chi connectivity index (χ2n) is 18.0. The molecule has 1 aromatic carbocycles. The fourth-order valence-electron chi connectivity index (χ4n) is 8.39. The lowest BCUT2D eigenvalue weighted by Crippen LogP contribution is -2.05. The van der Waals surface area contributed by atoms with E-state index in [4.69, 9.17) is 14.2 Å². The molecule has 0 aromatic heterocycles. The molecule has 0 unspecified atom stereocenters. The third kappa shape index (κ3) is 37.3. The highest BCUT2D eigenvalue weighted by Gasteiger charge is 2.10. The molecule has 0 amide bonds. The van der Waals surface area contributed by atoms with E-state index >= 15 is 0 Å². The minimum Gasteiger partial charge on any atom is -0.493 e. The van der Waals surface area contributed by atoms with Crippen molar-refractivity contribution >= 4 is 5.97 Å². The summed E-state index contributed by atoms with van der Waals surface area (Å²) < 4.78 is 17.4. The van der Waals surface area contributed by atoms with Gasteiger partial charge in [0, 0.05) is 12.5 Å². The van der Waals surface area contributed by atoms with E-state index in [-0.39, 0.29) is 5.97 Å². The molecular weight excluding hydrogens is 713 g/mol. The maximum atomic E-state index is 11.8. The molecular formula is C54H100O4. The van der Waals surface area contributed by atoms with Crippen molar-refractivity contribution in [2.75, 3.05) is 20.3 Å². The van der Waals surface area contributed by atoms with Crippen LogP contribution in [0, 0.1) is 0 Å². The van der Waals surface area contributed by atoms with Crippen molar-refractivity contribution < 1.29 is 19.0 Å². The Labute approximate surface area is 362 Å². The molecule has 58 heavy (non-hydrogen) atoms. The quantitative estimate of drug-likeness (QED) is 0.0486. The molecule has 4 nitrogen and oxygen atoms in total. The van der Waals surface area contributed by atoms with Crippen molar-refractivity contribution in [3.8, 4) is 11.5 Å². The topological polar surface area (TPSA) is 44.8 Å². The Bertz CT molecular complexity index is 976. The monoisotopic (exact) mass is 813 g/mol. The lowest BCUT2D eigenvalue weighted by Gasteiger charge is -2.14. The molecule has 1 rings (SSSR count). The number of methoxy groups -OCH3 is 1. The summed E-state index contributed by atoms with van der Waals surface area (Å²) in [5.74, 6) is 1.56.